The number of halogens is 1. The number of hydrogen-bond acceptors (Lipinski definition) is 5. The van der Waals surface area contributed by atoms with Crippen LogP contribution in [0.25, 0.3) is 11.4 Å². The number of benzene rings is 2. The summed E-state index contributed by atoms with van der Waals surface area (Å²) in [6.07, 6.45) is 0. The quantitative estimate of drug-likeness (QED) is 0.563. The molecular formula is C20H21ClN4O2S. The Bertz CT molecular complexity index is 959. The van der Waals surface area contributed by atoms with E-state index >= 15 is 0 Å². The molecule has 0 radical (unpaired) electrons. The van der Waals surface area contributed by atoms with Gasteiger partial charge in [0.15, 0.2) is 5.82 Å². The van der Waals surface area contributed by atoms with Gasteiger partial charge in [-0.2, -0.15) is 0 Å². The molecule has 28 heavy (non-hydrogen) atoms. The van der Waals surface area contributed by atoms with E-state index in [2.05, 4.69) is 20.5 Å². The molecule has 0 fully saturated rings. The molecule has 1 atom stereocenters. The number of nitrogens with one attached hydrogen (secondary N) is 2. The number of methoxy groups -OCH3 is 1. The van der Waals surface area contributed by atoms with Crippen LogP contribution in [0.2, 0.25) is 5.02 Å². The van der Waals surface area contributed by atoms with Crippen LogP contribution in [0.4, 0.5) is 0 Å². The SMILES string of the molecule is COc1ccc(Cl)cc1-c1nc(S[C@@H](C)C(=O)NCc2ccc(C)cc2)n[nH]1. The number of carbonyl (C=O) groups excluding carboxylic acids is 1. The first-order valence-corrected chi connectivity index (χ1v) is 9.98. The molecule has 0 aliphatic heterocycles. The van der Waals surface area contributed by atoms with E-state index in [0.29, 0.717) is 33.9 Å². The maximum absolute atomic E-state index is 12.4. The van der Waals surface area contributed by atoms with Gasteiger partial charge in [-0.15, -0.1) is 5.10 Å². The molecule has 1 heterocycles. The molecule has 0 aliphatic carbocycles. The number of amides is 1. The second kappa shape index (κ2) is 9.12. The maximum atomic E-state index is 12.4. The van der Waals surface area contributed by atoms with Gasteiger partial charge in [0.1, 0.15) is 5.75 Å². The number of thioether (sulfide) groups is 1. The Morgan fingerprint density at radius 2 is 2.04 bits per heavy atom. The summed E-state index contributed by atoms with van der Waals surface area (Å²) in [4.78, 5) is 16.8. The molecule has 0 aliphatic rings. The van der Waals surface area contributed by atoms with Gasteiger partial charge in [0.05, 0.1) is 17.9 Å². The zero-order chi connectivity index (χ0) is 20.1. The Kier molecular flexibility index (Phi) is 6.59. The van der Waals surface area contributed by atoms with Gasteiger partial charge in [-0.1, -0.05) is 53.2 Å². The van der Waals surface area contributed by atoms with Crippen LogP contribution in [0.1, 0.15) is 18.1 Å². The predicted molar refractivity (Wildman–Crippen MR) is 112 cm³/mol. The fourth-order valence-corrected chi connectivity index (χ4v) is 3.46. The minimum absolute atomic E-state index is 0.0720. The first kappa shape index (κ1) is 20.2. The maximum Gasteiger partial charge on any atom is 0.233 e. The van der Waals surface area contributed by atoms with Crippen molar-refractivity contribution in [3.8, 4) is 17.1 Å². The molecule has 146 valence electrons. The summed E-state index contributed by atoms with van der Waals surface area (Å²) in [7, 11) is 1.58. The van der Waals surface area contributed by atoms with Gasteiger partial charge >= 0.3 is 0 Å². The van der Waals surface area contributed by atoms with Crippen molar-refractivity contribution in [3.05, 3.63) is 58.6 Å². The van der Waals surface area contributed by atoms with Gasteiger partial charge in [0, 0.05) is 11.6 Å². The van der Waals surface area contributed by atoms with Crippen molar-refractivity contribution in [2.45, 2.75) is 30.8 Å². The highest BCUT2D eigenvalue weighted by Gasteiger charge is 2.18. The van der Waals surface area contributed by atoms with Crippen LogP contribution in [0, 0.1) is 6.92 Å². The van der Waals surface area contributed by atoms with Crippen molar-refractivity contribution < 1.29 is 9.53 Å². The molecule has 0 spiro atoms. The number of carbonyl (C=O) groups is 1. The van der Waals surface area contributed by atoms with Gasteiger partial charge in [-0.25, -0.2) is 4.98 Å². The number of H-pyrrole nitrogens is 1. The molecule has 0 saturated carbocycles. The summed E-state index contributed by atoms with van der Waals surface area (Å²) in [5.74, 6) is 1.10. The number of aromatic amines is 1. The van der Waals surface area contributed by atoms with Crippen molar-refractivity contribution in [2.75, 3.05) is 7.11 Å². The topological polar surface area (TPSA) is 79.9 Å². The molecule has 3 rings (SSSR count). The van der Waals surface area contributed by atoms with E-state index in [0.717, 1.165) is 5.56 Å². The molecule has 3 aromatic rings. The number of rotatable bonds is 7. The molecule has 2 aromatic carbocycles. The smallest absolute Gasteiger partial charge is 0.233 e. The van der Waals surface area contributed by atoms with Crippen LogP contribution in [-0.2, 0) is 11.3 Å². The summed E-state index contributed by atoms with van der Waals surface area (Å²) >= 11 is 7.36. The van der Waals surface area contributed by atoms with Crippen LogP contribution in [-0.4, -0.2) is 33.4 Å². The van der Waals surface area contributed by atoms with Crippen LogP contribution in [0.3, 0.4) is 0 Å². The highest BCUT2D eigenvalue weighted by atomic mass is 35.5. The van der Waals surface area contributed by atoms with Crippen LogP contribution in [0.5, 0.6) is 5.75 Å². The first-order chi connectivity index (χ1) is 13.5. The number of aromatic nitrogens is 3. The largest absolute Gasteiger partial charge is 0.496 e. The molecule has 8 heteroatoms. The Labute approximate surface area is 173 Å². The summed E-state index contributed by atoms with van der Waals surface area (Å²) in [6, 6.07) is 13.3. The van der Waals surface area contributed by atoms with E-state index in [-0.39, 0.29) is 11.2 Å². The predicted octanol–water partition coefficient (Wildman–Crippen LogP) is 4.24. The van der Waals surface area contributed by atoms with Gasteiger partial charge in [0.25, 0.3) is 0 Å². The summed E-state index contributed by atoms with van der Waals surface area (Å²) in [6.45, 7) is 4.35. The lowest BCUT2D eigenvalue weighted by atomic mass is 10.1. The van der Waals surface area contributed by atoms with Gasteiger partial charge < -0.3 is 10.1 Å². The van der Waals surface area contributed by atoms with Gasteiger partial charge in [0.2, 0.25) is 11.1 Å². The van der Waals surface area contributed by atoms with Crippen molar-refractivity contribution >= 4 is 29.3 Å². The average Bonchev–Trinajstić information content (AvgIpc) is 3.15. The molecular weight excluding hydrogens is 396 g/mol. The van der Waals surface area contributed by atoms with E-state index in [1.54, 1.807) is 25.3 Å². The molecule has 1 amide bonds. The fourth-order valence-electron chi connectivity index (χ4n) is 2.54. The van der Waals surface area contributed by atoms with E-state index in [9.17, 15) is 4.79 Å². The Balaban J connectivity index is 1.62. The minimum Gasteiger partial charge on any atom is -0.496 e. The lowest BCUT2D eigenvalue weighted by Crippen LogP contribution is -2.30. The highest BCUT2D eigenvalue weighted by Crippen LogP contribution is 2.31. The third-order valence-corrected chi connectivity index (χ3v) is 5.32. The molecule has 0 saturated heterocycles. The van der Waals surface area contributed by atoms with E-state index in [1.807, 2.05) is 38.1 Å². The average molecular weight is 417 g/mol. The standard InChI is InChI=1S/C20H21ClN4O2S/c1-12-4-6-14(7-5-12)11-22-19(26)13(2)28-20-23-18(24-25-20)16-10-15(21)8-9-17(16)27-3/h4-10,13H,11H2,1-3H3,(H,22,26)(H,23,24,25)/t13-/m0/s1. The number of hydrogen-bond donors (Lipinski definition) is 2. The molecule has 1 aromatic heterocycles. The summed E-state index contributed by atoms with van der Waals surface area (Å²) in [5.41, 5.74) is 2.96. The Hall–Kier alpha value is -2.51. The summed E-state index contributed by atoms with van der Waals surface area (Å²) < 4.78 is 5.35. The lowest BCUT2D eigenvalue weighted by molar-refractivity contribution is -0.120. The van der Waals surface area contributed by atoms with Gasteiger partial charge in [-0.3, -0.25) is 9.89 Å². The Morgan fingerprint density at radius 3 is 2.75 bits per heavy atom. The monoisotopic (exact) mass is 416 g/mol. The first-order valence-electron chi connectivity index (χ1n) is 8.72. The van der Waals surface area contributed by atoms with Crippen LogP contribution >= 0.6 is 23.4 Å². The van der Waals surface area contributed by atoms with Crippen molar-refractivity contribution in [1.29, 1.82) is 0 Å². The van der Waals surface area contributed by atoms with Crippen molar-refractivity contribution in [1.82, 2.24) is 20.5 Å². The van der Waals surface area contributed by atoms with Crippen LogP contribution in [0.15, 0.2) is 47.6 Å². The molecule has 2 N–H and O–H groups in total. The highest BCUT2D eigenvalue weighted by molar-refractivity contribution is 8.00. The van der Waals surface area contributed by atoms with E-state index < -0.39 is 0 Å². The zero-order valence-corrected chi connectivity index (χ0v) is 17.4. The molecule has 0 bridgehead atoms. The third-order valence-electron chi connectivity index (χ3n) is 4.12. The Morgan fingerprint density at radius 1 is 1.29 bits per heavy atom. The fraction of sp³-hybridized carbons (Fsp3) is 0.250. The number of aryl methyl sites for hydroxylation is 1. The second-order valence-corrected chi connectivity index (χ2v) is 8.02. The van der Waals surface area contributed by atoms with E-state index in [4.69, 9.17) is 16.3 Å². The van der Waals surface area contributed by atoms with Gasteiger partial charge in [-0.05, 0) is 37.6 Å². The molecule has 0 unspecified atom stereocenters. The van der Waals surface area contributed by atoms with E-state index in [1.165, 1.54) is 17.3 Å². The van der Waals surface area contributed by atoms with Crippen LogP contribution < -0.4 is 10.1 Å². The van der Waals surface area contributed by atoms with Crippen molar-refractivity contribution in [2.24, 2.45) is 0 Å². The normalized spacial score (nSPS) is 11.9. The van der Waals surface area contributed by atoms with Crippen molar-refractivity contribution in [3.63, 3.8) is 0 Å². The second-order valence-electron chi connectivity index (χ2n) is 6.27. The summed E-state index contributed by atoms with van der Waals surface area (Å²) in [5, 5.41) is 10.7. The number of nitrogens with zero attached hydrogens (tertiary/aromatic N) is 2. The third kappa shape index (κ3) is 5.05. The number of ether oxygens (including phenoxy) is 1. The lowest BCUT2D eigenvalue weighted by Gasteiger charge is -2.10. The molecule has 6 nitrogen and oxygen atoms in total. The zero-order valence-electron chi connectivity index (χ0n) is 15.8. The minimum atomic E-state index is -0.338.